The average Bonchev–Trinajstić information content (AvgIpc) is 2.72. The van der Waals surface area contributed by atoms with Crippen LogP contribution in [0.1, 0.15) is 19.3 Å². The summed E-state index contributed by atoms with van der Waals surface area (Å²) in [7, 11) is 0. The Kier molecular flexibility index (Phi) is 1.40. The number of fused-ring (bicyclic) bond motifs is 3. The van der Waals surface area contributed by atoms with E-state index in [9.17, 15) is 0 Å². The number of nitrogens with zero attached hydrogens (tertiary/aromatic N) is 1. The maximum Gasteiger partial charge on any atom is 0.125 e. The molecule has 2 atom stereocenters. The molecule has 1 aliphatic heterocycles. The first-order chi connectivity index (χ1) is 6.40. The van der Waals surface area contributed by atoms with E-state index in [-0.39, 0.29) is 0 Å². The summed E-state index contributed by atoms with van der Waals surface area (Å²) in [5.41, 5.74) is 4.35. The van der Waals surface area contributed by atoms with Gasteiger partial charge in [0.05, 0.1) is 5.71 Å². The van der Waals surface area contributed by atoms with E-state index in [4.69, 9.17) is 4.84 Å². The van der Waals surface area contributed by atoms with Crippen molar-refractivity contribution in [2.45, 2.75) is 19.3 Å². The Bertz CT molecular complexity index is 327. The summed E-state index contributed by atoms with van der Waals surface area (Å²) in [4.78, 5) is 5.13. The Hall–Kier alpha value is -1.05. The highest BCUT2D eigenvalue weighted by molar-refractivity contribution is 5.93. The van der Waals surface area contributed by atoms with Gasteiger partial charge in [0.25, 0.3) is 0 Å². The zero-order valence-corrected chi connectivity index (χ0v) is 7.62. The quantitative estimate of drug-likeness (QED) is 0.599. The van der Waals surface area contributed by atoms with E-state index in [0.717, 1.165) is 18.9 Å². The molecule has 0 N–H and O–H groups in total. The number of allylic oxidation sites excluding steroid dienone is 3. The van der Waals surface area contributed by atoms with Crippen LogP contribution in [0.3, 0.4) is 0 Å². The van der Waals surface area contributed by atoms with Crippen LogP contribution in [0.2, 0.25) is 0 Å². The lowest BCUT2D eigenvalue weighted by atomic mass is 9.94. The second-order valence-corrected chi connectivity index (χ2v) is 4.06. The molecule has 0 saturated heterocycles. The van der Waals surface area contributed by atoms with E-state index < -0.39 is 0 Å². The number of hydrogen-bond donors (Lipinski definition) is 0. The van der Waals surface area contributed by atoms with Crippen LogP contribution >= 0.6 is 0 Å². The van der Waals surface area contributed by atoms with Crippen molar-refractivity contribution < 1.29 is 4.84 Å². The summed E-state index contributed by atoms with van der Waals surface area (Å²) in [6, 6.07) is 0. The Morgan fingerprint density at radius 2 is 2.38 bits per heavy atom. The van der Waals surface area contributed by atoms with E-state index in [0.29, 0.717) is 5.92 Å². The molecule has 1 heterocycles. The van der Waals surface area contributed by atoms with Gasteiger partial charge in [0.2, 0.25) is 0 Å². The van der Waals surface area contributed by atoms with Gasteiger partial charge in [0.1, 0.15) is 6.61 Å². The Labute approximate surface area is 78.0 Å². The second kappa shape index (κ2) is 2.47. The molecule has 0 unspecified atom stereocenters. The minimum atomic E-state index is 0.604. The molecule has 1 fully saturated rings. The topological polar surface area (TPSA) is 21.6 Å². The Morgan fingerprint density at radius 3 is 3.23 bits per heavy atom. The fourth-order valence-electron chi connectivity index (χ4n) is 2.88. The molecule has 0 aromatic heterocycles. The molecule has 0 radical (unpaired) electrons. The van der Waals surface area contributed by atoms with Gasteiger partial charge in [-0.3, -0.25) is 0 Å². The normalized spacial score (nSPS) is 35.5. The van der Waals surface area contributed by atoms with Crippen molar-refractivity contribution in [3.8, 4) is 0 Å². The predicted molar refractivity (Wildman–Crippen MR) is 51.4 cm³/mol. The Morgan fingerprint density at radius 1 is 1.46 bits per heavy atom. The molecule has 3 rings (SSSR count). The summed E-state index contributed by atoms with van der Waals surface area (Å²) in [6.45, 7) is 4.68. The summed E-state index contributed by atoms with van der Waals surface area (Å²) >= 11 is 0. The predicted octanol–water partition coefficient (Wildman–Crippen LogP) is 2.29. The molecule has 13 heavy (non-hydrogen) atoms. The van der Waals surface area contributed by atoms with Crippen molar-refractivity contribution in [3.05, 3.63) is 23.8 Å². The maximum atomic E-state index is 5.13. The zero-order chi connectivity index (χ0) is 8.84. The van der Waals surface area contributed by atoms with Gasteiger partial charge in [-0.15, -0.1) is 0 Å². The highest BCUT2D eigenvalue weighted by atomic mass is 16.6. The highest BCUT2D eigenvalue weighted by Gasteiger charge is 2.43. The summed E-state index contributed by atoms with van der Waals surface area (Å²) < 4.78 is 0. The standard InChI is InChI=1S/C11H13NO/c1-2-7-3-4-8-9(7)5-11-10(8)6-13-12-11/h2,8,10H,1,3-6H2/t8-,10+/m0/s1. The molecule has 2 aliphatic carbocycles. The maximum absolute atomic E-state index is 5.13. The van der Waals surface area contributed by atoms with Crippen LogP contribution < -0.4 is 0 Å². The van der Waals surface area contributed by atoms with Crippen molar-refractivity contribution in [2.24, 2.45) is 17.0 Å². The SMILES string of the molecule is C=CC1=C2CC3=NOC[C@@H]3[C@H]2CC1. The lowest BCUT2D eigenvalue weighted by Gasteiger charge is -2.09. The first kappa shape index (κ1) is 7.36. The van der Waals surface area contributed by atoms with Gasteiger partial charge in [-0.25, -0.2) is 0 Å². The van der Waals surface area contributed by atoms with Crippen LogP contribution in [0.5, 0.6) is 0 Å². The van der Waals surface area contributed by atoms with Gasteiger partial charge in [0, 0.05) is 12.3 Å². The number of hydrogen-bond acceptors (Lipinski definition) is 2. The van der Waals surface area contributed by atoms with Gasteiger partial charge in [-0.1, -0.05) is 23.4 Å². The third-order valence-corrected chi connectivity index (χ3v) is 3.55. The van der Waals surface area contributed by atoms with E-state index in [2.05, 4.69) is 11.7 Å². The molecule has 2 nitrogen and oxygen atoms in total. The van der Waals surface area contributed by atoms with Crippen LogP contribution in [-0.4, -0.2) is 12.3 Å². The molecule has 0 aromatic carbocycles. The van der Waals surface area contributed by atoms with Gasteiger partial charge in [-0.2, -0.15) is 0 Å². The Balaban J connectivity index is 2.02. The summed E-state index contributed by atoms with van der Waals surface area (Å²) in [6.07, 6.45) is 5.57. The van der Waals surface area contributed by atoms with Gasteiger partial charge in [0.15, 0.2) is 0 Å². The van der Waals surface area contributed by atoms with E-state index in [1.54, 1.807) is 5.57 Å². The average molecular weight is 175 g/mol. The molecule has 0 amide bonds. The van der Waals surface area contributed by atoms with E-state index >= 15 is 0 Å². The largest absolute Gasteiger partial charge is 0.395 e. The van der Waals surface area contributed by atoms with Crippen molar-refractivity contribution in [3.63, 3.8) is 0 Å². The van der Waals surface area contributed by atoms with Crippen molar-refractivity contribution in [1.29, 1.82) is 0 Å². The van der Waals surface area contributed by atoms with Crippen molar-refractivity contribution >= 4 is 5.71 Å². The summed E-state index contributed by atoms with van der Waals surface area (Å²) in [5.74, 6) is 1.33. The fourth-order valence-corrected chi connectivity index (χ4v) is 2.88. The minimum Gasteiger partial charge on any atom is -0.395 e. The molecule has 2 heteroatoms. The lowest BCUT2D eigenvalue weighted by Crippen LogP contribution is -2.13. The van der Waals surface area contributed by atoms with Gasteiger partial charge in [-0.05, 0) is 24.3 Å². The third-order valence-electron chi connectivity index (χ3n) is 3.55. The second-order valence-electron chi connectivity index (χ2n) is 4.06. The van der Waals surface area contributed by atoms with Crippen molar-refractivity contribution in [2.75, 3.05) is 6.61 Å². The van der Waals surface area contributed by atoms with Gasteiger partial charge >= 0.3 is 0 Å². The molecule has 68 valence electrons. The molecule has 3 aliphatic rings. The lowest BCUT2D eigenvalue weighted by molar-refractivity contribution is 0.143. The monoisotopic (exact) mass is 175 g/mol. The first-order valence-corrected chi connectivity index (χ1v) is 4.93. The molecule has 0 bridgehead atoms. The van der Waals surface area contributed by atoms with Gasteiger partial charge < -0.3 is 4.84 Å². The molecule has 0 aromatic rings. The van der Waals surface area contributed by atoms with Crippen LogP contribution in [0.15, 0.2) is 29.0 Å². The van der Waals surface area contributed by atoms with Crippen LogP contribution in [0.25, 0.3) is 0 Å². The third kappa shape index (κ3) is 0.859. The van der Waals surface area contributed by atoms with Crippen LogP contribution in [0.4, 0.5) is 0 Å². The van der Waals surface area contributed by atoms with Crippen LogP contribution in [0, 0.1) is 11.8 Å². The van der Waals surface area contributed by atoms with E-state index in [1.807, 2.05) is 6.08 Å². The number of oxime groups is 1. The zero-order valence-electron chi connectivity index (χ0n) is 7.62. The van der Waals surface area contributed by atoms with Crippen LogP contribution in [-0.2, 0) is 4.84 Å². The molecule has 1 saturated carbocycles. The summed E-state index contributed by atoms with van der Waals surface area (Å²) in [5, 5.41) is 4.10. The smallest absolute Gasteiger partial charge is 0.125 e. The molecular formula is C11H13NO. The van der Waals surface area contributed by atoms with E-state index in [1.165, 1.54) is 24.1 Å². The minimum absolute atomic E-state index is 0.604. The first-order valence-electron chi connectivity index (χ1n) is 4.93. The highest BCUT2D eigenvalue weighted by Crippen LogP contribution is 2.47. The number of rotatable bonds is 1. The molecule has 0 spiro atoms. The fraction of sp³-hybridized carbons (Fsp3) is 0.545. The molecular weight excluding hydrogens is 162 g/mol. The van der Waals surface area contributed by atoms with Crippen molar-refractivity contribution in [1.82, 2.24) is 0 Å².